The zero-order valence-electron chi connectivity index (χ0n) is 8.60. The van der Waals surface area contributed by atoms with E-state index < -0.39 is 0 Å². The Labute approximate surface area is 83.3 Å². The first-order valence-electron chi connectivity index (χ1n) is 4.79. The molecule has 2 N–H and O–H groups in total. The summed E-state index contributed by atoms with van der Waals surface area (Å²) in [5.41, 5.74) is 6.09. The molecule has 1 heterocycles. The van der Waals surface area contributed by atoms with Crippen LogP contribution in [0, 0.1) is 5.92 Å². The summed E-state index contributed by atoms with van der Waals surface area (Å²) in [6, 6.07) is 0. The van der Waals surface area contributed by atoms with E-state index in [0.29, 0.717) is 18.8 Å². The summed E-state index contributed by atoms with van der Waals surface area (Å²) in [5, 5.41) is 7.62. The lowest BCUT2D eigenvalue weighted by Gasteiger charge is -2.05. The van der Waals surface area contributed by atoms with Gasteiger partial charge in [0.25, 0.3) is 0 Å². The topological polar surface area (TPSA) is 73.8 Å². The zero-order chi connectivity index (χ0) is 10.6. The van der Waals surface area contributed by atoms with Gasteiger partial charge in [-0.2, -0.15) is 0 Å². The summed E-state index contributed by atoms with van der Waals surface area (Å²) < 4.78 is 1.54. The Kier molecular flexibility index (Phi) is 3.76. The Morgan fingerprint density at radius 2 is 2.43 bits per heavy atom. The van der Waals surface area contributed by atoms with Gasteiger partial charge in [-0.05, 0) is 6.42 Å². The average Bonchev–Trinajstić information content (AvgIpc) is 2.64. The first kappa shape index (κ1) is 10.8. The van der Waals surface area contributed by atoms with Crippen molar-refractivity contribution >= 4 is 5.78 Å². The molecule has 5 heteroatoms. The van der Waals surface area contributed by atoms with E-state index in [2.05, 4.69) is 10.3 Å². The minimum atomic E-state index is 0.0838. The number of carbonyl (C=O) groups excluding carboxylic acids is 1. The predicted octanol–water partition coefficient (Wildman–Crippen LogP) is 0.352. The Morgan fingerprint density at radius 1 is 1.71 bits per heavy atom. The highest BCUT2D eigenvalue weighted by molar-refractivity contribution is 5.80. The molecule has 0 aliphatic rings. The van der Waals surface area contributed by atoms with Gasteiger partial charge in [-0.3, -0.25) is 4.79 Å². The van der Waals surface area contributed by atoms with Gasteiger partial charge in [-0.25, -0.2) is 4.68 Å². The molecule has 0 saturated carbocycles. The third kappa shape index (κ3) is 2.63. The summed E-state index contributed by atoms with van der Waals surface area (Å²) in [4.78, 5) is 11.5. The highest BCUT2D eigenvalue weighted by Crippen LogP contribution is 2.03. The molecule has 1 atom stereocenters. The number of ketones is 1. The Bertz CT molecular complexity index is 308. The zero-order valence-corrected chi connectivity index (χ0v) is 8.60. The molecule has 1 aromatic rings. The van der Waals surface area contributed by atoms with Crippen LogP contribution >= 0.6 is 0 Å². The molecular formula is C9H16N4O. The van der Waals surface area contributed by atoms with Gasteiger partial charge in [-0.15, -0.1) is 5.10 Å². The van der Waals surface area contributed by atoms with Crippen LogP contribution in [0.25, 0.3) is 0 Å². The molecule has 0 amide bonds. The van der Waals surface area contributed by atoms with E-state index in [1.165, 1.54) is 4.68 Å². The smallest absolute Gasteiger partial charge is 0.157 e. The molecule has 0 aliphatic carbocycles. The average molecular weight is 196 g/mol. The van der Waals surface area contributed by atoms with Crippen molar-refractivity contribution in [2.45, 2.75) is 33.4 Å². The predicted molar refractivity (Wildman–Crippen MR) is 52.4 cm³/mol. The first-order valence-corrected chi connectivity index (χ1v) is 4.79. The molecular weight excluding hydrogens is 180 g/mol. The molecule has 78 valence electrons. The SMILES string of the molecule is CCC(C)C(=O)Cn1cc(CN)nn1. The van der Waals surface area contributed by atoms with E-state index in [1.807, 2.05) is 13.8 Å². The Balaban J connectivity index is 2.56. The van der Waals surface area contributed by atoms with Crippen molar-refractivity contribution in [1.29, 1.82) is 0 Å². The summed E-state index contributed by atoms with van der Waals surface area (Å²) >= 11 is 0. The molecule has 1 rings (SSSR count). The standard InChI is InChI=1S/C9H16N4O/c1-3-7(2)9(14)6-13-5-8(4-10)11-12-13/h5,7H,3-4,6,10H2,1-2H3. The van der Waals surface area contributed by atoms with E-state index in [0.717, 1.165) is 6.42 Å². The molecule has 0 fully saturated rings. The fraction of sp³-hybridized carbons (Fsp3) is 0.667. The maximum atomic E-state index is 11.5. The lowest BCUT2D eigenvalue weighted by atomic mass is 10.0. The van der Waals surface area contributed by atoms with Gasteiger partial charge in [0.2, 0.25) is 0 Å². The molecule has 0 spiro atoms. The lowest BCUT2D eigenvalue weighted by Crippen LogP contribution is -2.17. The van der Waals surface area contributed by atoms with Crippen LogP contribution in [0.3, 0.4) is 0 Å². The summed E-state index contributed by atoms with van der Waals surface area (Å²) in [6.07, 6.45) is 2.57. The van der Waals surface area contributed by atoms with Crippen LogP contribution in [0.4, 0.5) is 0 Å². The molecule has 14 heavy (non-hydrogen) atoms. The van der Waals surface area contributed by atoms with Gasteiger partial charge >= 0.3 is 0 Å². The Hall–Kier alpha value is -1.23. The van der Waals surface area contributed by atoms with E-state index in [4.69, 9.17) is 5.73 Å². The largest absolute Gasteiger partial charge is 0.325 e. The van der Waals surface area contributed by atoms with Crippen molar-refractivity contribution < 1.29 is 4.79 Å². The number of Topliss-reactive ketones (excluding diaryl/α,β-unsaturated/α-hetero) is 1. The van der Waals surface area contributed by atoms with Gasteiger partial charge in [0.15, 0.2) is 5.78 Å². The van der Waals surface area contributed by atoms with Crippen molar-refractivity contribution in [3.8, 4) is 0 Å². The number of nitrogens with two attached hydrogens (primary N) is 1. The van der Waals surface area contributed by atoms with Crippen molar-refractivity contribution in [3.63, 3.8) is 0 Å². The number of hydrogen-bond acceptors (Lipinski definition) is 4. The molecule has 0 radical (unpaired) electrons. The highest BCUT2D eigenvalue weighted by atomic mass is 16.1. The monoisotopic (exact) mass is 196 g/mol. The van der Waals surface area contributed by atoms with Gasteiger partial charge in [0.1, 0.15) is 6.54 Å². The summed E-state index contributed by atoms with van der Waals surface area (Å²) in [5.74, 6) is 0.265. The van der Waals surface area contributed by atoms with Crippen molar-refractivity contribution in [2.75, 3.05) is 0 Å². The van der Waals surface area contributed by atoms with Gasteiger partial charge in [0, 0.05) is 12.5 Å². The van der Waals surface area contributed by atoms with Crippen LogP contribution in [0.2, 0.25) is 0 Å². The van der Waals surface area contributed by atoms with Crippen LogP contribution in [0.5, 0.6) is 0 Å². The number of rotatable bonds is 5. The van der Waals surface area contributed by atoms with Crippen LogP contribution < -0.4 is 5.73 Å². The van der Waals surface area contributed by atoms with Crippen LogP contribution in [0.15, 0.2) is 6.20 Å². The fourth-order valence-electron chi connectivity index (χ4n) is 1.05. The second-order valence-corrected chi connectivity index (χ2v) is 3.39. The maximum Gasteiger partial charge on any atom is 0.157 e. The molecule has 0 saturated heterocycles. The van der Waals surface area contributed by atoms with Crippen molar-refractivity contribution in [3.05, 3.63) is 11.9 Å². The van der Waals surface area contributed by atoms with Gasteiger partial charge in [0.05, 0.1) is 11.9 Å². The number of nitrogens with zero attached hydrogens (tertiary/aromatic N) is 3. The van der Waals surface area contributed by atoms with Crippen molar-refractivity contribution in [2.24, 2.45) is 11.7 Å². The molecule has 0 bridgehead atoms. The van der Waals surface area contributed by atoms with Crippen LogP contribution in [0.1, 0.15) is 26.0 Å². The van der Waals surface area contributed by atoms with E-state index in [1.54, 1.807) is 6.20 Å². The number of carbonyl (C=O) groups is 1. The fourth-order valence-corrected chi connectivity index (χ4v) is 1.05. The molecule has 1 aromatic heterocycles. The third-order valence-electron chi connectivity index (χ3n) is 2.28. The summed E-state index contributed by atoms with van der Waals surface area (Å²) in [6.45, 7) is 4.57. The minimum Gasteiger partial charge on any atom is -0.325 e. The molecule has 0 aliphatic heterocycles. The second kappa shape index (κ2) is 4.85. The second-order valence-electron chi connectivity index (χ2n) is 3.39. The highest BCUT2D eigenvalue weighted by Gasteiger charge is 2.11. The van der Waals surface area contributed by atoms with Crippen LogP contribution in [-0.4, -0.2) is 20.8 Å². The quantitative estimate of drug-likeness (QED) is 0.737. The van der Waals surface area contributed by atoms with Crippen molar-refractivity contribution in [1.82, 2.24) is 15.0 Å². The van der Waals surface area contributed by atoms with Gasteiger partial charge in [-0.1, -0.05) is 19.1 Å². The van der Waals surface area contributed by atoms with E-state index >= 15 is 0 Å². The summed E-state index contributed by atoms with van der Waals surface area (Å²) in [7, 11) is 0. The maximum absolute atomic E-state index is 11.5. The normalized spacial score (nSPS) is 12.8. The Morgan fingerprint density at radius 3 is 2.93 bits per heavy atom. The van der Waals surface area contributed by atoms with Gasteiger partial charge < -0.3 is 5.73 Å². The van der Waals surface area contributed by atoms with Crippen LogP contribution in [-0.2, 0) is 17.9 Å². The lowest BCUT2D eigenvalue weighted by molar-refractivity contribution is -0.123. The minimum absolute atomic E-state index is 0.0838. The molecule has 1 unspecified atom stereocenters. The first-order chi connectivity index (χ1) is 6.67. The third-order valence-corrected chi connectivity index (χ3v) is 2.28. The number of aromatic nitrogens is 3. The molecule has 0 aromatic carbocycles. The number of hydrogen-bond donors (Lipinski definition) is 1. The van der Waals surface area contributed by atoms with E-state index in [9.17, 15) is 4.79 Å². The molecule has 5 nitrogen and oxygen atoms in total. The van der Waals surface area contributed by atoms with E-state index in [-0.39, 0.29) is 11.7 Å².